The van der Waals surface area contributed by atoms with Crippen LogP contribution in [0.4, 0.5) is 0 Å². The lowest BCUT2D eigenvalue weighted by Crippen LogP contribution is -2.51. The predicted octanol–water partition coefficient (Wildman–Crippen LogP) is 5.88. The maximum Gasteiger partial charge on any atom is 0.240 e. The summed E-state index contributed by atoms with van der Waals surface area (Å²) in [5.41, 5.74) is 5.19. The Balaban J connectivity index is 1.61. The smallest absolute Gasteiger partial charge is 0.210 e. The van der Waals surface area contributed by atoms with E-state index >= 15 is 0 Å². The molecule has 0 spiro atoms. The van der Waals surface area contributed by atoms with Gasteiger partial charge in [0.15, 0.2) is 0 Å². The maximum absolute atomic E-state index is 12.9. The monoisotopic (exact) mass is 437 g/mol. The van der Waals surface area contributed by atoms with E-state index in [1.807, 2.05) is 19.1 Å². The summed E-state index contributed by atoms with van der Waals surface area (Å²) in [6, 6.07) is 14.1. The highest BCUT2D eigenvalue weighted by Gasteiger charge is 2.50. The fraction of sp³-hybridized carbons (Fsp3) is 0.481. The van der Waals surface area contributed by atoms with Crippen molar-refractivity contribution in [2.75, 3.05) is 6.54 Å². The highest BCUT2D eigenvalue weighted by molar-refractivity contribution is 7.89. The molecule has 0 aromatic heterocycles. The first-order chi connectivity index (χ1) is 14.6. The Labute approximate surface area is 188 Å². The molecule has 2 aliphatic rings. The van der Waals surface area contributed by atoms with Crippen LogP contribution in [0.3, 0.4) is 0 Å². The number of nitrogens with one attached hydrogen (secondary N) is 1. The third-order valence-corrected chi connectivity index (χ3v) is 9.11. The topological polar surface area (TPSA) is 46.2 Å². The minimum Gasteiger partial charge on any atom is -0.210 e. The molecule has 4 rings (SSSR count). The second-order valence-electron chi connectivity index (χ2n) is 10.3. The van der Waals surface area contributed by atoms with Crippen LogP contribution in [-0.4, -0.2) is 15.0 Å². The van der Waals surface area contributed by atoms with Gasteiger partial charge in [0.1, 0.15) is 0 Å². The number of sulfonamides is 1. The van der Waals surface area contributed by atoms with Gasteiger partial charge < -0.3 is 0 Å². The lowest BCUT2D eigenvalue weighted by molar-refractivity contribution is 0.113. The van der Waals surface area contributed by atoms with Gasteiger partial charge in [0, 0.05) is 12.0 Å². The summed E-state index contributed by atoms with van der Waals surface area (Å²) in [7, 11) is -3.53. The van der Waals surface area contributed by atoms with Gasteiger partial charge in [-0.1, -0.05) is 75.7 Å². The van der Waals surface area contributed by atoms with Gasteiger partial charge in [0.2, 0.25) is 10.0 Å². The molecule has 0 unspecified atom stereocenters. The van der Waals surface area contributed by atoms with Crippen molar-refractivity contribution in [3.05, 3.63) is 76.9 Å². The van der Waals surface area contributed by atoms with E-state index in [0.29, 0.717) is 23.3 Å². The Morgan fingerprint density at radius 3 is 2.48 bits per heavy atom. The zero-order valence-electron chi connectivity index (χ0n) is 19.4. The van der Waals surface area contributed by atoms with Crippen LogP contribution in [0.2, 0.25) is 0 Å². The summed E-state index contributed by atoms with van der Waals surface area (Å²) >= 11 is 0. The number of fused-ring (bicyclic) bond motifs is 3. The quantitative estimate of drug-likeness (QED) is 0.594. The first-order valence-corrected chi connectivity index (χ1v) is 12.9. The Kier molecular flexibility index (Phi) is 5.68. The molecule has 4 heteroatoms. The highest BCUT2D eigenvalue weighted by atomic mass is 32.2. The Morgan fingerprint density at radius 2 is 1.81 bits per heavy atom. The van der Waals surface area contributed by atoms with Crippen LogP contribution in [-0.2, 0) is 21.9 Å². The zero-order chi connectivity index (χ0) is 22.4. The molecule has 166 valence electrons. The van der Waals surface area contributed by atoms with Crippen LogP contribution in [0.25, 0.3) is 0 Å². The van der Waals surface area contributed by atoms with Gasteiger partial charge in [-0.3, -0.25) is 0 Å². The number of rotatable bonds is 5. The Hall–Kier alpha value is -1.91. The van der Waals surface area contributed by atoms with Crippen molar-refractivity contribution in [3.8, 4) is 0 Å². The van der Waals surface area contributed by atoms with Gasteiger partial charge in [-0.05, 0) is 72.3 Å². The molecule has 2 aliphatic carbocycles. The lowest BCUT2D eigenvalue weighted by Gasteiger charge is -2.53. The molecule has 0 fully saturated rings. The first kappa shape index (κ1) is 22.3. The summed E-state index contributed by atoms with van der Waals surface area (Å²) in [6.45, 7) is 11.5. The van der Waals surface area contributed by atoms with E-state index in [2.05, 4.69) is 62.8 Å². The SMILES string of the molecule is Cc1ccc(S(=O)(=O)NC[C@]2(C)C=CC[C@]3(C)c4ccc(C(C)C)cc4CC[C@@H]23)cc1. The number of hydrogen-bond donors (Lipinski definition) is 1. The first-order valence-electron chi connectivity index (χ1n) is 11.4. The summed E-state index contributed by atoms with van der Waals surface area (Å²) in [6.07, 6.45) is 7.67. The van der Waals surface area contributed by atoms with Crippen molar-refractivity contribution in [2.24, 2.45) is 11.3 Å². The van der Waals surface area contributed by atoms with E-state index in [1.54, 1.807) is 12.1 Å². The van der Waals surface area contributed by atoms with E-state index in [-0.39, 0.29) is 10.8 Å². The van der Waals surface area contributed by atoms with Crippen molar-refractivity contribution < 1.29 is 8.42 Å². The second-order valence-corrected chi connectivity index (χ2v) is 12.1. The van der Waals surface area contributed by atoms with Gasteiger partial charge in [-0.15, -0.1) is 0 Å². The van der Waals surface area contributed by atoms with Crippen molar-refractivity contribution >= 4 is 10.0 Å². The molecule has 0 bridgehead atoms. The fourth-order valence-electron chi connectivity index (χ4n) is 5.78. The maximum atomic E-state index is 12.9. The molecule has 0 heterocycles. The van der Waals surface area contributed by atoms with Gasteiger partial charge in [-0.25, -0.2) is 13.1 Å². The van der Waals surface area contributed by atoms with Crippen LogP contribution in [0.15, 0.2) is 59.5 Å². The molecule has 3 atom stereocenters. The summed E-state index contributed by atoms with van der Waals surface area (Å²) in [5, 5.41) is 0. The van der Waals surface area contributed by atoms with E-state index in [1.165, 1.54) is 16.7 Å². The third kappa shape index (κ3) is 4.01. The standard InChI is InChI=1S/C27H35NO2S/c1-19(2)21-9-13-24-22(17-21)10-14-25-26(4,15-6-16-27(24,25)5)18-28-31(29,30)23-11-7-20(3)8-12-23/h6-9,11-13,15,17,19,25,28H,10,14,16,18H2,1-5H3/t25-,26-,27+/m0/s1. The van der Waals surface area contributed by atoms with E-state index in [4.69, 9.17) is 0 Å². The molecule has 1 N–H and O–H groups in total. The van der Waals surface area contributed by atoms with Crippen LogP contribution in [0.1, 0.15) is 68.7 Å². The second kappa shape index (κ2) is 7.90. The number of benzene rings is 2. The van der Waals surface area contributed by atoms with E-state index < -0.39 is 10.0 Å². The predicted molar refractivity (Wildman–Crippen MR) is 128 cm³/mol. The van der Waals surface area contributed by atoms with Crippen LogP contribution in [0, 0.1) is 18.3 Å². The molecule has 0 saturated heterocycles. The molecule has 0 radical (unpaired) electrons. The van der Waals surface area contributed by atoms with Crippen molar-refractivity contribution in [1.82, 2.24) is 4.72 Å². The number of allylic oxidation sites excluding steroid dienone is 1. The molecule has 2 aromatic rings. The average molecular weight is 438 g/mol. The summed E-state index contributed by atoms with van der Waals surface area (Å²) in [4.78, 5) is 0.333. The molecular weight excluding hydrogens is 402 g/mol. The van der Waals surface area contributed by atoms with Crippen molar-refractivity contribution in [1.29, 1.82) is 0 Å². The van der Waals surface area contributed by atoms with Crippen LogP contribution < -0.4 is 4.72 Å². The summed E-state index contributed by atoms with van der Waals surface area (Å²) < 4.78 is 28.8. The van der Waals surface area contributed by atoms with E-state index in [0.717, 1.165) is 24.8 Å². The minimum atomic E-state index is -3.53. The number of aryl methyl sites for hydroxylation is 2. The van der Waals surface area contributed by atoms with E-state index in [9.17, 15) is 8.42 Å². The van der Waals surface area contributed by atoms with Crippen LogP contribution in [0.5, 0.6) is 0 Å². The van der Waals surface area contributed by atoms with Gasteiger partial charge in [0.05, 0.1) is 4.90 Å². The average Bonchev–Trinajstić information content (AvgIpc) is 2.72. The third-order valence-electron chi connectivity index (χ3n) is 7.69. The van der Waals surface area contributed by atoms with Crippen molar-refractivity contribution in [3.63, 3.8) is 0 Å². The number of hydrogen-bond acceptors (Lipinski definition) is 2. The largest absolute Gasteiger partial charge is 0.240 e. The Morgan fingerprint density at radius 1 is 1.10 bits per heavy atom. The zero-order valence-corrected chi connectivity index (χ0v) is 20.2. The molecule has 0 saturated carbocycles. The van der Waals surface area contributed by atoms with Gasteiger partial charge in [-0.2, -0.15) is 0 Å². The van der Waals surface area contributed by atoms with Crippen LogP contribution >= 0.6 is 0 Å². The fourth-order valence-corrected chi connectivity index (χ4v) is 6.94. The van der Waals surface area contributed by atoms with Gasteiger partial charge in [0.25, 0.3) is 0 Å². The molecule has 2 aromatic carbocycles. The molecule has 3 nitrogen and oxygen atoms in total. The lowest BCUT2D eigenvalue weighted by atomic mass is 9.52. The van der Waals surface area contributed by atoms with Gasteiger partial charge >= 0.3 is 0 Å². The molecule has 0 aliphatic heterocycles. The molecular formula is C27H35NO2S. The normalized spacial score (nSPS) is 27.7. The Bertz CT molecular complexity index is 1100. The molecule has 0 amide bonds. The molecule has 31 heavy (non-hydrogen) atoms. The summed E-state index contributed by atoms with van der Waals surface area (Å²) in [5.74, 6) is 0.923. The highest BCUT2D eigenvalue weighted by Crippen LogP contribution is 2.54. The van der Waals surface area contributed by atoms with Crippen molar-refractivity contribution in [2.45, 2.75) is 70.1 Å². The minimum absolute atomic E-state index is 0.0297.